The maximum Gasteiger partial charge on any atom is 0.119 e. The molecule has 3 rings (SSSR count). The Morgan fingerprint density at radius 1 is 1.47 bits per heavy atom. The molecule has 0 amide bonds. The first-order valence-corrected chi connectivity index (χ1v) is 5.86. The van der Waals surface area contributed by atoms with Gasteiger partial charge in [-0.05, 0) is 30.0 Å². The maximum absolute atomic E-state index is 9.76. The van der Waals surface area contributed by atoms with Gasteiger partial charge in [-0.1, -0.05) is 12.1 Å². The lowest BCUT2D eigenvalue weighted by Gasteiger charge is -2.13. The number of hydrogen-bond donors (Lipinski definition) is 3. The maximum atomic E-state index is 9.76. The number of aromatic hydroxyl groups is 1. The molecule has 1 aliphatic rings. The number of H-pyrrole nitrogens is 1. The highest BCUT2D eigenvalue weighted by Gasteiger charge is 2.23. The number of imidazole rings is 1. The van der Waals surface area contributed by atoms with Crippen molar-refractivity contribution >= 4 is 0 Å². The standard InChI is InChI=1S/C13H15N3O/c17-13-3-1-2-10-11(13)4-5-12(10)15-7-9-6-14-8-16-9/h1-3,6,8,12,15,17H,4-5,7H2,(H,14,16). The SMILES string of the molecule is Oc1cccc2c1CCC2NCc1cnc[nH]1. The molecule has 0 aliphatic heterocycles. The van der Waals surface area contributed by atoms with Crippen LogP contribution in [0.15, 0.2) is 30.7 Å². The summed E-state index contributed by atoms with van der Waals surface area (Å²) in [5.41, 5.74) is 3.40. The van der Waals surface area contributed by atoms with E-state index in [9.17, 15) is 5.11 Å². The van der Waals surface area contributed by atoms with Gasteiger partial charge in [0.05, 0.1) is 6.33 Å². The summed E-state index contributed by atoms with van der Waals surface area (Å²) >= 11 is 0. The third kappa shape index (κ3) is 1.91. The molecule has 0 saturated heterocycles. The van der Waals surface area contributed by atoms with Gasteiger partial charge >= 0.3 is 0 Å². The smallest absolute Gasteiger partial charge is 0.119 e. The zero-order valence-electron chi connectivity index (χ0n) is 9.48. The average molecular weight is 229 g/mol. The molecule has 4 heteroatoms. The van der Waals surface area contributed by atoms with Crippen molar-refractivity contribution in [3.8, 4) is 5.75 Å². The molecule has 3 N–H and O–H groups in total. The molecule has 1 atom stereocenters. The normalized spacial score (nSPS) is 18.2. The Bertz CT molecular complexity index is 507. The number of aromatic nitrogens is 2. The van der Waals surface area contributed by atoms with Crippen LogP contribution in [-0.2, 0) is 13.0 Å². The number of nitrogens with zero attached hydrogens (tertiary/aromatic N) is 1. The van der Waals surface area contributed by atoms with E-state index in [-0.39, 0.29) is 0 Å². The van der Waals surface area contributed by atoms with E-state index in [1.165, 1.54) is 5.56 Å². The number of phenols is 1. The van der Waals surface area contributed by atoms with E-state index < -0.39 is 0 Å². The number of phenolic OH excluding ortho intramolecular Hbond substituents is 1. The molecular formula is C13H15N3O. The van der Waals surface area contributed by atoms with Crippen molar-refractivity contribution in [1.82, 2.24) is 15.3 Å². The van der Waals surface area contributed by atoms with E-state index in [1.807, 2.05) is 12.3 Å². The van der Waals surface area contributed by atoms with Gasteiger partial charge in [0.1, 0.15) is 5.75 Å². The van der Waals surface area contributed by atoms with Crippen LogP contribution in [0.5, 0.6) is 5.75 Å². The quantitative estimate of drug-likeness (QED) is 0.753. The van der Waals surface area contributed by atoms with Gasteiger partial charge in [0.2, 0.25) is 0 Å². The van der Waals surface area contributed by atoms with E-state index in [0.717, 1.165) is 30.6 Å². The topological polar surface area (TPSA) is 60.9 Å². The number of nitrogens with one attached hydrogen (secondary N) is 2. The predicted molar refractivity (Wildman–Crippen MR) is 64.6 cm³/mol. The summed E-state index contributed by atoms with van der Waals surface area (Å²) in [7, 11) is 0. The summed E-state index contributed by atoms with van der Waals surface area (Å²) in [5.74, 6) is 0.424. The number of fused-ring (bicyclic) bond motifs is 1. The van der Waals surface area contributed by atoms with Gasteiger partial charge in [-0.15, -0.1) is 0 Å². The lowest BCUT2D eigenvalue weighted by Crippen LogP contribution is -2.18. The highest BCUT2D eigenvalue weighted by molar-refractivity contribution is 5.44. The van der Waals surface area contributed by atoms with Gasteiger partial charge in [0.15, 0.2) is 0 Å². The van der Waals surface area contributed by atoms with Crippen molar-refractivity contribution in [1.29, 1.82) is 0 Å². The molecule has 0 fully saturated rings. The summed E-state index contributed by atoms with van der Waals surface area (Å²) in [5, 5.41) is 13.2. The molecule has 1 aliphatic carbocycles. The van der Waals surface area contributed by atoms with Crippen molar-refractivity contribution in [2.45, 2.75) is 25.4 Å². The fourth-order valence-corrected chi connectivity index (χ4v) is 2.46. The Morgan fingerprint density at radius 3 is 3.24 bits per heavy atom. The lowest BCUT2D eigenvalue weighted by atomic mass is 10.1. The first-order valence-electron chi connectivity index (χ1n) is 5.86. The molecule has 1 heterocycles. The second-order valence-corrected chi connectivity index (χ2v) is 4.39. The van der Waals surface area contributed by atoms with Crippen LogP contribution in [0, 0.1) is 0 Å². The second kappa shape index (κ2) is 4.22. The predicted octanol–water partition coefficient (Wildman–Crippen LogP) is 1.89. The van der Waals surface area contributed by atoms with Crippen molar-refractivity contribution in [2.24, 2.45) is 0 Å². The second-order valence-electron chi connectivity index (χ2n) is 4.39. The fourth-order valence-electron chi connectivity index (χ4n) is 2.46. The van der Waals surface area contributed by atoms with Crippen LogP contribution < -0.4 is 5.32 Å². The molecule has 1 unspecified atom stereocenters. The van der Waals surface area contributed by atoms with Gasteiger partial charge in [-0.25, -0.2) is 4.98 Å². The number of benzene rings is 1. The average Bonchev–Trinajstić information content (AvgIpc) is 2.95. The highest BCUT2D eigenvalue weighted by Crippen LogP contribution is 2.36. The van der Waals surface area contributed by atoms with E-state index in [1.54, 1.807) is 12.4 Å². The van der Waals surface area contributed by atoms with Crippen LogP contribution in [0.4, 0.5) is 0 Å². The minimum atomic E-state index is 0.334. The van der Waals surface area contributed by atoms with Crippen LogP contribution in [0.25, 0.3) is 0 Å². The number of hydrogen-bond acceptors (Lipinski definition) is 3. The van der Waals surface area contributed by atoms with Crippen LogP contribution in [0.2, 0.25) is 0 Å². The van der Waals surface area contributed by atoms with Gasteiger partial charge < -0.3 is 15.4 Å². The monoisotopic (exact) mass is 229 g/mol. The van der Waals surface area contributed by atoms with Gasteiger partial charge in [-0.2, -0.15) is 0 Å². The molecule has 0 radical (unpaired) electrons. The Hall–Kier alpha value is -1.81. The lowest BCUT2D eigenvalue weighted by molar-refractivity contribution is 0.469. The van der Waals surface area contributed by atoms with Crippen molar-refractivity contribution < 1.29 is 5.11 Å². The molecule has 0 spiro atoms. The molecule has 0 saturated carbocycles. The summed E-state index contributed by atoms with van der Waals surface area (Å²) in [4.78, 5) is 7.06. The Morgan fingerprint density at radius 2 is 2.41 bits per heavy atom. The molecular weight excluding hydrogens is 214 g/mol. The van der Waals surface area contributed by atoms with E-state index >= 15 is 0 Å². The van der Waals surface area contributed by atoms with Crippen LogP contribution in [0.3, 0.4) is 0 Å². The molecule has 4 nitrogen and oxygen atoms in total. The van der Waals surface area contributed by atoms with Crippen LogP contribution in [0.1, 0.15) is 29.3 Å². The number of rotatable bonds is 3. The van der Waals surface area contributed by atoms with E-state index in [0.29, 0.717) is 11.8 Å². The van der Waals surface area contributed by atoms with Gasteiger partial charge in [0, 0.05) is 24.5 Å². The highest BCUT2D eigenvalue weighted by atomic mass is 16.3. The van der Waals surface area contributed by atoms with Gasteiger partial charge in [-0.3, -0.25) is 0 Å². The summed E-state index contributed by atoms with van der Waals surface area (Å²) in [6, 6.07) is 6.09. The van der Waals surface area contributed by atoms with Gasteiger partial charge in [0.25, 0.3) is 0 Å². The van der Waals surface area contributed by atoms with Crippen molar-refractivity contribution in [3.05, 3.63) is 47.5 Å². The summed E-state index contributed by atoms with van der Waals surface area (Å²) < 4.78 is 0. The molecule has 0 bridgehead atoms. The zero-order chi connectivity index (χ0) is 11.7. The van der Waals surface area contributed by atoms with Crippen molar-refractivity contribution in [3.63, 3.8) is 0 Å². The minimum Gasteiger partial charge on any atom is -0.508 e. The molecule has 1 aromatic heterocycles. The fraction of sp³-hybridized carbons (Fsp3) is 0.308. The zero-order valence-corrected chi connectivity index (χ0v) is 9.48. The van der Waals surface area contributed by atoms with E-state index in [2.05, 4.69) is 21.4 Å². The first-order chi connectivity index (χ1) is 8.34. The molecule has 88 valence electrons. The Kier molecular flexibility index (Phi) is 2.57. The molecule has 2 aromatic rings. The summed E-state index contributed by atoms with van der Waals surface area (Å²) in [6.45, 7) is 0.778. The minimum absolute atomic E-state index is 0.334. The molecule has 1 aromatic carbocycles. The summed E-state index contributed by atoms with van der Waals surface area (Å²) in [6.07, 6.45) is 5.50. The Labute approximate surface area is 99.7 Å². The number of aromatic amines is 1. The van der Waals surface area contributed by atoms with E-state index in [4.69, 9.17) is 0 Å². The third-order valence-electron chi connectivity index (χ3n) is 3.34. The van der Waals surface area contributed by atoms with Crippen LogP contribution >= 0.6 is 0 Å². The first kappa shape index (κ1) is 10.4. The Balaban J connectivity index is 1.73. The van der Waals surface area contributed by atoms with Crippen molar-refractivity contribution in [2.75, 3.05) is 0 Å². The third-order valence-corrected chi connectivity index (χ3v) is 3.34. The molecule has 17 heavy (non-hydrogen) atoms. The largest absolute Gasteiger partial charge is 0.508 e. The van der Waals surface area contributed by atoms with Crippen LogP contribution in [-0.4, -0.2) is 15.1 Å².